The lowest BCUT2D eigenvalue weighted by atomic mass is 10.1. The maximum atomic E-state index is 5.53. The van der Waals surface area contributed by atoms with Gasteiger partial charge in [0.2, 0.25) is 0 Å². The molecule has 1 aromatic rings. The third-order valence-electron chi connectivity index (χ3n) is 2.60. The molecular weight excluding hydrogens is 200 g/mol. The van der Waals surface area contributed by atoms with Crippen molar-refractivity contribution in [3.05, 3.63) is 36.4 Å². The highest BCUT2D eigenvalue weighted by molar-refractivity contribution is 5.59. The molecule has 1 heterocycles. The second kappa shape index (κ2) is 5.56. The molecule has 0 aromatic heterocycles. The SMILES string of the molecule is C=CCNCCc1ccc2c(c1)NCCO2. The quantitative estimate of drug-likeness (QED) is 0.584. The molecule has 0 saturated heterocycles. The van der Waals surface area contributed by atoms with Crippen molar-refractivity contribution in [1.82, 2.24) is 5.32 Å². The third kappa shape index (κ3) is 2.76. The van der Waals surface area contributed by atoms with E-state index in [1.165, 1.54) is 5.56 Å². The Morgan fingerprint density at radius 2 is 2.44 bits per heavy atom. The molecule has 2 rings (SSSR count). The fourth-order valence-corrected chi connectivity index (χ4v) is 1.78. The Morgan fingerprint density at radius 1 is 1.50 bits per heavy atom. The van der Waals surface area contributed by atoms with E-state index in [-0.39, 0.29) is 0 Å². The first kappa shape index (κ1) is 11.0. The number of ether oxygens (including phenoxy) is 1. The highest BCUT2D eigenvalue weighted by atomic mass is 16.5. The first-order valence-corrected chi connectivity index (χ1v) is 5.71. The standard InChI is InChI=1S/C13H18N2O/c1-2-6-14-7-5-11-3-4-13-12(10-11)15-8-9-16-13/h2-4,10,14-15H,1,5-9H2. The number of benzene rings is 1. The summed E-state index contributed by atoms with van der Waals surface area (Å²) < 4.78 is 5.53. The summed E-state index contributed by atoms with van der Waals surface area (Å²) in [6.45, 7) is 7.17. The lowest BCUT2D eigenvalue weighted by Gasteiger charge is -2.19. The molecule has 0 fully saturated rings. The van der Waals surface area contributed by atoms with Gasteiger partial charge in [0.15, 0.2) is 0 Å². The van der Waals surface area contributed by atoms with Crippen molar-refractivity contribution >= 4 is 5.69 Å². The van der Waals surface area contributed by atoms with Crippen LogP contribution in [0.3, 0.4) is 0 Å². The van der Waals surface area contributed by atoms with Gasteiger partial charge in [-0.15, -0.1) is 6.58 Å². The Balaban J connectivity index is 1.92. The van der Waals surface area contributed by atoms with Crippen LogP contribution in [0.15, 0.2) is 30.9 Å². The zero-order valence-electron chi connectivity index (χ0n) is 9.46. The van der Waals surface area contributed by atoms with Crippen LogP contribution in [-0.4, -0.2) is 26.2 Å². The number of fused-ring (bicyclic) bond motifs is 1. The van der Waals surface area contributed by atoms with Gasteiger partial charge in [0, 0.05) is 13.1 Å². The molecule has 0 amide bonds. The van der Waals surface area contributed by atoms with Gasteiger partial charge < -0.3 is 15.4 Å². The van der Waals surface area contributed by atoms with Gasteiger partial charge in [0.1, 0.15) is 12.4 Å². The summed E-state index contributed by atoms with van der Waals surface area (Å²) in [5.41, 5.74) is 2.45. The van der Waals surface area contributed by atoms with E-state index in [0.717, 1.165) is 44.1 Å². The molecule has 1 aliphatic heterocycles. The van der Waals surface area contributed by atoms with Crippen LogP contribution in [-0.2, 0) is 6.42 Å². The minimum Gasteiger partial charge on any atom is -0.490 e. The lowest BCUT2D eigenvalue weighted by molar-refractivity contribution is 0.323. The minimum atomic E-state index is 0.757. The van der Waals surface area contributed by atoms with Crippen molar-refractivity contribution in [3.63, 3.8) is 0 Å². The second-order valence-electron chi connectivity index (χ2n) is 3.85. The van der Waals surface area contributed by atoms with Crippen LogP contribution in [0, 0.1) is 0 Å². The highest BCUT2D eigenvalue weighted by Gasteiger charge is 2.09. The molecular formula is C13H18N2O. The van der Waals surface area contributed by atoms with E-state index in [2.05, 4.69) is 29.3 Å². The van der Waals surface area contributed by atoms with Gasteiger partial charge in [0.05, 0.1) is 5.69 Å². The summed E-state index contributed by atoms with van der Waals surface area (Å²) in [6, 6.07) is 6.34. The number of anilines is 1. The van der Waals surface area contributed by atoms with Crippen molar-refractivity contribution in [2.45, 2.75) is 6.42 Å². The number of rotatable bonds is 5. The Bertz CT molecular complexity index is 363. The molecule has 3 nitrogen and oxygen atoms in total. The smallest absolute Gasteiger partial charge is 0.142 e. The Hall–Kier alpha value is -1.48. The lowest BCUT2D eigenvalue weighted by Crippen LogP contribution is -2.19. The molecule has 0 unspecified atom stereocenters. The molecule has 0 spiro atoms. The average molecular weight is 218 g/mol. The largest absolute Gasteiger partial charge is 0.490 e. The molecule has 0 bridgehead atoms. The van der Waals surface area contributed by atoms with E-state index in [1.807, 2.05) is 12.1 Å². The van der Waals surface area contributed by atoms with Crippen LogP contribution >= 0.6 is 0 Å². The molecule has 1 aromatic carbocycles. The van der Waals surface area contributed by atoms with E-state index >= 15 is 0 Å². The van der Waals surface area contributed by atoms with Crippen LogP contribution in [0.2, 0.25) is 0 Å². The molecule has 86 valence electrons. The summed E-state index contributed by atoms with van der Waals surface area (Å²) in [5, 5.41) is 6.64. The Labute approximate surface area is 96.5 Å². The maximum absolute atomic E-state index is 5.53. The number of nitrogens with one attached hydrogen (secondary N) is 2. The van der Waals surface area contributed by atoms with Gasteiger partial charge in [0.25, 0.3) is 0 Å². The summed E-state index contributed by atoms with van der Waals surface area (Å²) >= 11 is 0. The first-order chi connectivity index (χ1) is 7.90. The molecule has 0 saturated carbocycles. The predicted octanol–water partition coefficient (Wildman–Crippen LogP) is 1.81. The van der Waals surface area contributed by atoms with Crippen molar-refractivity contribution in [3.8, 4) is 5.75 Å². The van der Waals surface area contributed by atoms with E-state index in [4.69, 9.17) is 4.74 Å². The zero-order chi connectivity index (χ0) is 11.2. The van der Waals surface area contributed by atoms with Crippen LogP contribution in [0.5, 0.6) is 5.75 Å². The van der Waals surface area contributed by atoms with Crippen molar-refractivity contribution in [2.24, 2.45) is 0 Å². The van der Waals surface area contributed by atoms with Gasteiger partial charge in [-0.3, -0.25) is 0 Å². The first-order valence-electron chi connectivity index (χ1n) is 5.71. The third-order valence-corrected chi connectivity index (χ3v) is 2.60. The molecule has 16 heavy (non-hydrogen) atoms. The van der Waals surface area contributed by atoms with E-state index in [9.17, 15) is 0 Å². The number of hydrogen-bond donors (Lipinski definition) is 2. The molecule has 2 N–H and O–H groups in total. The Morgan fingerprint density at radius 3 is 3.31 bits per heavy atom. The molecule has 0 radical (unpaired) electrons. The summed E-state index contributed by atoms with van der Waals surface area (Å²) in [6.07, 6.45) is 2.91. The van der Waals surface area contributed by atoms with Crippen molar-refractivity contribution in [1.29, 1.82) is 0 Å². The zero-order valence-corrected chi connectivity index (χ0v) is 9.46. The predicted molar refractivity (Wildman–Crippen MR) is 67.2 cm³/mol. The van der Waals surface area contributed by atoms with Crippen molar-refractivity contribution < 1.29 is 4.74 Å². The fraction of sp³-hybridized carbons (Fsp3) is 0.385. The summed E-state index contributed by atoms with van der Waals surface area (Å²) in [4.78, 5) is 0. The van der Waals surface area contributed by atoms with Gasteiger partial charge in [-0.2, -0.15) is 0 Å². The van der Waals surface area contributed by atoms with Gasteiger partial charge in [-0.1, -0.05) is 12.1 Å². The Kier molecular flexibility index (Phi) is 3.83. The van der Waals surface area contributed by atoms with Crippen molar-refractivity contribution in [2.75, 3.05) is 31.6 Å². The topological polar surface area (TPSA) is 33.3 Å². The number of hydrogen-bond acceptors (Lipinski definition) is 3. The summed E-state index contributed by atoms with van der Waals surface area (Å²) in [5.74, 6) is 0.967. The van der Waals surface area contributed by atoms with Crippen LogP contribution < -0.4 is 15.4 Å². The molecule has 1 aliphatic rings. The van der Waals surface area contributed by atoms with E-state index < -0.39 is 0 Å². The van der Waals surface area contributed by atoms with E-state index in [0.29, 0.717) is 0 Å². The van der Waals surface area contributed by atoms with Crippen LogP contribution in [0.1, 0.15) is 5.56 Å². The second-order valence-corrected chi connectivity index (χ2v) is 3.85. The van der Waals surface area contributed by atoms with Crippen LogP contribution in [0.25, 0.3) is 0 Å². The average Bonchev–Trinajstić information content (AvgIpc) is 2.34. The van der Waals surface area contributed by atoms with Gasteiger partial charge >= 0.3 is 0 Å². The minimum absolute atomic E-state index is 0.757. The maximum Gasteiger partial charge on any atom is 0.142 e. The normalized spacial score (nSPS) is 13.5. The van der Waals surface area contributed by atoms with E-state index in [1.54, 1.807) is 0 Å². The van der Waals surface area contributed by atoms with Gasteiger partial charge in [-0.25, -0.2) is 0 Å². The van der Waals surface area contributed by atoms with Crippen LogP contribution in [0.4, 0.5) is 5.69 Å². The van der Waals surface area contributed by atoms with Gasteiger partial charge in [-0.05, 0) is 30.7 Å². The molecule has 0 aliphatic carbocycles. The molecule has 3 heteroatoms. The molecule has 0 atom stereocenters. The highest BCUT2D eigenvalue weighted by Crippen LogP contribution is 2.27. The fourth-order valence-electron chi connectivity index (χ4n) is 1.78. The monoisotopic (exact) mass is 218 g/mol. The summed E-state index contributed by atoms with van der Waals surface area (Å²) in [7, 11) is 0.